The van der Waals surface area contributed by atoms with Gasteiger partial charge in [-0.15, -0.1) is 0 Å². The fourth-order valence-corrected chi connectivity index (χ4v) is 0. The molecule has 0 aromatic carbocycles. The average Bonchev–Trinajstić information content (AvgIpc) is 0.722. The molecule has 0 atom stereocenters. The molecule has 0 aliphatic heterocycles. The Balaban J connectivity index is 0. The second-order valence-electron chi connectivity index (χ2n) is 0.412. The maximum atomic E-state index is 9.03. The van der Waals surface area contributed by atoms with E-state index in [1.165, 1.54) is 0 Å². The van der Waals surface area contributed by atoms with Crippen LogP contribution in [0.3, 0.4) is 0 Å². The van der Waals surface area contributed by atoms with Crippen LogP contribution in [-0.2, 0) is 20.0 Å². The Morgan fingerprint density at radius 1 is 1.50 bits per heavy atom. The van der Waals surface area contributed by atoms with Crippen LogP contribution in [0, 0.1) is 0 Å². The molecule has 0 bridgehead atoms. The van der Waals surface area contributed by atoms with Crippen molar-refractivity contribution in [2.24, 2.45) is 0 Å². The van der Waals surface area contributed by atoms with Gasteiger partial charge in [0.15, 0.2) is 0 Å². The molecule has 0 unspecified atom stereocenters. The predicted octanol–water partition coefficient (Wildman–Crippen LogP) is -0.932. The monoisotopic (exact) mass is 154 g/mol. The van der Waals surface area contributed by atoms with Crippen LogP contribution in [-0.4, -0.2) is 9.63 Å². The van der Waals surface area contributed by atoms with Gasteiger partial charge in [0.2, 0.25) is 0 Å². The normalized spacial score (nSPS) is 9.67. The van der Waals surface area contributed by atoms with Crippen LogP contribution in [0.4, 0.5) is 0 Å². The van der Waals surface area contributed by atoms with E-state index in [-0.39, 0.29) is 5.48 Å². The quantitative estimate of drug-likeness (QED) is 0.489. The first-order chi connectivity index (χ1) is 2.00. The summed E-state index contributed by atoms with van der Waals surface area (Å²) in [6.45, 7) is 0. The van der Waals surface area contributed by atoms with Gasteiger partial charge < -0.3 is 5.48 Å². The van der Waals surface area contributed by atoms with Gasteiger partial charge in [0.05, 0.1) is 0 Å². The fraction of sp³-hybridized carbons (Fsp3) is 0. The van der Waals surface area contributed by atoms with Gasteiger partial charge in [-0.2, -0.15) is 0 Å². The summed E-state index contributed by atoms with van der Waals surface area (Å²) < 4.78 is 25.4. The molecular formula is H3ClCrO4. The SMILES string of the molecule is O.[O]=[Cr](=[O])([OH])[Cl]. The zero-order chi connectivity index (χ0) is 4.50. The maximum absolute atomic E-state index is 9.03. The third-order valence-electron chi connectivity index (χ3n) is 0. The second kappa shape index (κ2) is 2.50. The molecule has 40 valence electrons. The molecule has 0 saturated heterocycles. The molecular weight excluding hydrogens is 151 g/mol. The van der Waals surface area contributed by atoms with Gasteiger partial charge in [0, 0.05) is 0 Å². The fourth-order valence-electron chi connectivity index (χ4n) is 0. The van der Waals surface area contributed by atoms with Crippen LogP contribution in [0.25, 0.3) is 0 Å². The van der Waals surface area contributed by atoms with Crippen molar-refractivity contribution in [1.29, 1.82) is 0 Å². The minimum absolute atomic E-state index is 0. The Morgan fingerprint density at radius 3 is 1.50 bits per heavy atom. The first-order valence-corrected chi connectivity index (χ1v) is 4.04. The topological polar surface area (TPSA) is 85.9 Å². The van der Waals surface area contributed by atoms with Crippen LogP contribution < -0.4 is 0 Å². The van der Waals surface area contributed by atoms with Gasteiger partial charge in [-0.1, -0.05) is 0 Å². The molecule has 0 rings (SSSR count). The molecule has 0 saturated carbocycles. The van der Waals surface area contributed by atoms with E-state index in [0.717, 1.165) is 0 Å². The summed E-state index contributed by atoms with van der Waals surface area (Å²) in [6, 6.07) is 0. The van der Waals surface area contributed by atoms with E-state index in [1.807, 2.05) is 0 Å². The van der Waals surface area contributed by atoms with Crippen molar-refractivity contribution in [2.45, 2.75) is 0 Å². The molecule has 0 aromatic rings. The van der Waals surface area contributed by atoms with Crippen molar-refractivity contribution >= 4 is 10.0 Å². The van der Waals surface area contributed by atoms with Crippen LogP contribution in [0.2, 0.25) is 0 Å². The Hall–Kier alpha value is 0.342. The average molecular weight is 154 g/mol. The van der Waals surface area contributed by atoms with Crippen molar-refractivity contribution in [1.82, 2.24) is 0 Å². The van der Waals surface area contributed by atoms with Crippen molar-refractivity contribution in [3.05, 3.63) is 0 Å². The van der Waals surface area contributed by atoms with E-state index in [1.54, 1.807) is 0 Å². The van der Waals surface area contributed by atoms with E-state index in [4.69, 9.17) is 11.8 Å². The Morgan fingerprint density at radius 2 is 1.50 bits per heavy atom. The summed E-state index contributed by atoms with van der Waals surface area (Å²) in [6.07, 6.45) is 0. The van der Waals surface area contributed by atoms with Gasteiger partial charge in [0.1, 0.15) is 0 Å². The number of rotatable bonds is 0. The second-order valence-corrected chi connectivity index (χ2v) is 3.31. The van der Waals surface area contributed by atoms with Gasteiger partial charge in [-0.05, 0) is 0 Å². The van der Waals surface area contributed by atoms with Crippen molar-refractivity contribution in [2.75, 3.05) is 0 Å². The van der Waals surface area contributed by atoms with Gasteiger partial charge in [-0.3, -0.25) is 0 Å². The Kier molecular flexibility index (Phi) is 4.01. The zero-order valence-electron chi connectivity index (χ0n) is 2.55. The summed E-state index contributed by atoms with van der Waals surface area (Å²) in [4.78, 5) is 0. The van der Waals surface area contributed by atoms with Gasteiger partial charge in [-0.25, -0.2) is 0 Å². The molecule has 6 heavy (non-hydrogen) atoms. The summed E-state index contributed by atoms with van der Waals surface area (Å²) in [5.41, 5.74) is 0. The van der Waals surface area contributed by atoms with Crippen LogP contribution in [0.5, 0.6) is 0 Å². The summed E-state index contributed by atoms with van der Waals surface area (Å²) >= 11 is -4.78. The molecule has 0 aromatic heterocycles. The van der Waals surface area contributed by atoms with E-state index < -0.39 is 12.4 Å². The Labute approximate surface area is 40.3 Å². The summed E-state index contributed by atoms with van der Waals surface area (Å²) in [7, 11) is 4.13. The molecule has 0 fully saturated rings. The number of hydrogen-bond donors (Lipinski definition) is 1. The number of hydrogen-bond acceptors (Lipinski definition) is 2. The van der Waals surface area contributed by atoms with E-state index in [0.29, 0.717) is 0 Å². The van der Waals surface area contributed by atoms with Crippen LogP contribution >= 0.6 is 10.0 Å². The van der Waals surface area contributed by atoms with Crippen LogP contribution in [0.1, 0.15) is 0 Å². The van der Waals surface area contributed by atoms with Crippen molar-refractivity contribution in [3.63, 3.8) is 0 Å². The van der Waals surface area contributed by atoms with E-state index in [2.05, 4.69) is 10.0 Å². The molecule has 0 aliphatic rings. The molecule has 0 spiro atoms. The van der Waals surface area contributed by atoms with E-state index >= 15 is 0 Å². The first-order valence-electron chi connectivity index (χ1n) is 0.670. The molecule has 0 aliphatic carbocycles. The molecule has 3 N–H and O–H groups in total. The molecule has 0 radical (unpaired) electrons. The minimum atomic E-state index is -4.78. The molecule has 0 amide bonds. The zero-order valence-corrected chi connectivity index (χ0v) is 4.58. The summed E-state index contributed by atoms with van der Waals surface area (Å²) in [5.74, 6) is 0. The first kappa shape index (κ1) is 9.60. The predicted molar refractivity (Wildman–Crippen MR) is 13.1 cm³/mol. The van der Waals surface area contributed by atoms with Crippen molar-refractivity contribution in [3.8, 4) is 0 Å². The van der Waals surface area contributed by atoms with Gasteiger partial charge >= 0.3 is 34.2 Å². The standard InChI is InChI=1S/ClH.Cr.2H2O.2O/h1H;;2*1H2;;/q;+2;;;;/p-2. The third kappa shape index (κ3) is 414. The van der Waals surface area contributed by atoms with Crippen LogP contribution in [0.15, 0.2) is 0 Å². The number of halogens is 1. The summed E-state index contributed by atoms with van der Waals surface area (Å²) in [5, 5.41) is 0. The third-order valence-corrected chi connectivity index (χ3v) is 0. The molecule has 6 heteroatoms. The Bertz CT molecular complexity index is 90.7. The molecule has 0 heterocycles. The van der Waals surface area contributed by atoms with Gasteiger partial charge in [0.25, 0.3) is 0 Å². The molecule has 4 nitrogen and oxygen atoms in total. The van der Waals surface area contributed by atoms with Crippen molar-refractivity contribution < 1.29 is 29.6 Å². The van der Waals surface area contributed by atoms with E-state index in [9.17, 15) is 0 Å².